The van der Waals surface area contributed by atoms with E-state index in [9.17, 15) is 0 Å². The fraction of sp³-hybridized carbons (Fsp3) is 0.333. The second-order valence-corrected chi connectivity index (χ2v) is 5.72. The average Bonchev–Trinajstić information content (AvgIpc) is 3.19. The number of thioether (sulfide) groups is 1. The number of nitrogens with zero attached hydrogens (tertiary/aromatic N) is 6. The van der Waals surface area contributed by atoms with E-state index in [4.69, 9.17) is 0 Å². The van der Waals surface area contributed by atoms with E-state index < -0.39 is 0 Å². The molecular weight excluding hydrogens is 296 g/mol. The molecule has 0 amide bonds. The van der Waals surface area contributed by atoms with E-state index in [0.717, 1.165) is 22.9 Å². The molecule has 0 aliphatic heterocycles. The molecule has 3 rings (SSSR count). The van der Waals surface area contributed by atoms with Crippen LogP contribution < -0.4 is 0 Å². The van der Waals surface area contributed by atoms with Gasteiger partial charge in [0.2, 0.25) is 5.82 Å². The first kappa shape index (κ1) is 14.8. The Balaban J connectivity index is 1.87. The molecule has 2 heterocycles. The van der Waals surface area contributed by atoms with Crippen LogP contribution in [0.3, 0.4) is 0 Å². The van der Waals surface area contributed by atoms with Crippen molar-refractivity contribution in [2.45, 2.75) is 37.7 Å². The van der Waals surface area contributed by atoms with Gasteiger partial charge in [-0.2, -0.15) is 9.90 Å². The van der Waals surface area contributed by atoms with E-state index in [2.05, 4.69) is 51.7 Å². The molecule has 0 fully saturated rings. The molecule has 3 aromatic rings. The molecule has 0 radical (unpaired) electrons. The number of aryl methyl sites for hydroxylation is 2. The van der Waals surface area contributed by atoms with Crippen LogP contribution >= 0.6 is 11.8 Å². The Kier molecular flexibility index (Phi) is 4.53. The van der Waals surface area contributed by atoms with E-state index in [1.807, 2.05) is 23.9 Å². The number of rotatable bonds is 6. The van der Waals surface area contributed by atoms with Gasteiger partial charge in [-0.1, -0.05) is 30.3 Å². The van der Waals surface area contributed by atoms with Crippen molar-refractivity contribution in [3.8, 4) is 11.4 Å². The van der Waals surface area contributed by atoms with Gasteiger partial charge in [0, 0.05) is 12.3 Å². The van der Waals surface area contributed by atoms with E-state index in [1.165, 1.54) is 5.56 Å². The maximum Gasteiger partial charge on any atom is 0.209 e. The number of hydrogen-bond acceptors (Lipinski definition) is 5. The monoisotopic (exact) mass is 314 g/mol. The van der Waals surface area contributed by atoms with Crippen LogP contribution in [0.1, 0.15) is 19.4 Å². The SMILES string of the molecule is CCn1nnc(-c2cnn(CC)c2SCc2ccccc2)n1. The minimum Gasteiger partial charge on any atom is -0.259 e. The molecule has 0 aliphatic carbocycles. The fourth-order valence-corrected chi connectivity index (χ4v) is 3.24. The minimum absolute atomic E-state index is 0.636. The highest BCUT2D eigenvalue weighted by Gasteiger charge is 2.16. The minimum atomic E-state index is 0.636. The lowest BCUT2D eigenvalue weighted by Gasteiger charge is -2.06. The second-order valence-electron chi connectivity index (χ2n) is 4.75. The Morgan fingerprint density at radius 3 is 2.59 bits per heavy atom. The molecule has 0 aliphatic rings. The van der Waals surface area contributed by atoms with E-state index >= 15 is 0 Å². The zero-order chi connectivity index (χ0) is 15.4. The average molecular weight is 314 g/mol. The molecule has 1 aromatic carbocycles. The summed E-state index contributed by atoms with van der Waals surface area (Å²) < 4.78 is 1.98. The van der Waals surface area contributed by atoms with Gasteiger partial charge in [-0.25, -0.2) is 0 Å². The lowest BCUT2D eigenvalue weighted by molar-refractivity contribution is 0.552. The predicted molar refractivity (Wildman–Crippen MR) is 86.4 cm³/mol. The number of hydrogen-bond donors (Lipinski definition) is 0. The van der Waals surface area contributed by atoms with Gasteiger partial charge in [-0.15, -0.1) is 22.0 Å². The van der Waals surface area contributed by atoms with Crippen LogP contribution in [0.25, 0.3) is 11.4 Å². The van der Waals surface area contributed by atoms with Crippen molar-refractivity contribution in [3.05, 3.63) is 42.1 Å². The van der Waals surface area contributed by atoms with Crippen LogP contribution in [0.5, 0.6) is 0 Å². The van der Waals surface area contributed by atoms with Gasteiger partial charge in [0.25, 0.3) is 0 Å². The first-order valence-electron chi connectivity index (χ1n) is 7.32. The van der Waals surface area contributed by atoms with Crippen LogP contribution in [0.2, 0.25) is 0 Å². The molecule has 6 nitrogen and oxygen atoms in total. The molecule has 0 spiro atoms. The summed E-state index contributed by atoms with van der Waals surface area (Å²) in [6.07, 6.45) is 1.83. The molecule has 0 atom stereocenters. The predicted octanol–water partition coefficient (Wildman–Crippen LogP) is 2.87. The van der Waals surface area contributed by atoms with Gasteiger partial charge >= 0.3 is 0 Å². The standard InChI is InChI=1S/C15H18N6S/c1-3-20-15(22-11-12-8-6-5-7-9-12)13(10-16-20)14-17-19-21(4-2)18-14/h5-10H,3-4,11H2,1-2H3. The molecule has 0 saturated heterocycles. The number of tetrazole rings is 1. The third kappa shape index (κ3) is 3.04. The van der Waals surface area contributed by atoms with E-state index in [0.29, 0.717) is 12.4 Å². The summed E-state index contributed by atoms with van der Waals surface area (Å²) in [7, 11) is 0. The third-order valence-electron chi connectivity index (χ3n) is 3.29. The Bertz CT molecular complexity index is 734. The van der Waals surface area contributed by atoms with Crippen molar-refractivity contribution in [1.82, 2.24) is 30.0 Å². The quantitative estimate of drug-likeness (QED) is 0.655. The normalized spacial score (nSPS) is 11.0. The van der Waals surface area contributed by atoms with E-state index in [-0.39, 0.29) is 0 Å². The largest absolute Gasteiger partial charge is 0.259 e. The van der Waals surface area contributed by atoms with Crippen molar-refractivity contribution in [1.29, 1.82) is 0 Å². The van der Waals surface area contributed by atoms with Crippen LogP contribution in [-0.4, -0.2) is 30.0 Å². The smallest absolute Gasteiger partial charge is 0.209 e. The van der Waals surface area contributed by atoms with Crippen molar-refractivity contribution in [2.75, 3.05) is 0 Å². The van der Waals surface area contributed by atoms with Crippen LogP contribution in [0, 0.1) is 0 Å². The van der Waals surface area contributed by atoms with Gasteiger partial charge in [0.1, 0.15) is 5.03 Å². The highest BCUT2D eigenvalue weighted by molar-refractivity contribution is 7.98. The van der Waals surface area contributed by atoms with Gasteiger partial charge in [-0.05, 0) is 24.6 Å². The molecular formula is C15H18N6S. The van der Waals surface area contributed by atoms with Gasteiger partial charge in [0.15, 0.2) is 0 Å². The summed E-state index contributed by atoms with van der Waals surface area (Å²) in [5, 5.41) is 18.1. The van der Waals surface area contributed by atoms with Crippen molar-refractivity contribution in [3.63, 3.8) is 0 Å². The Morgan fingerprint density at radius 1 is 1.09 bits per heavy atom. The molecule has 0 bridgehead atoms. The fourth-order valence-electron chi connectivity index (χ4n) is 2.12. The van der Waals surface area contributed by atoms with Gasteiger partial charge in [0.05, 0.1) is 18.3 Å². The molecule has 0 saturated carbocycles. The topological polar surface area (TPSA) is 61.4 Å². The second kappa shape index (κ2) is 6.74. The molecule has 22 heavy (non-hydrogen) atoms. The van der Waals surface area contributed by atoms with Crippen LogP contribution in [-0.2, 0) is 18.8 Å². The number of benzene rings is 1. The Labute approximate surface area is 133 Å². The Morgan fingerprint density at radius 2 is 1.91 bits per heavy atom. The summed E-state index contributed by atoms with van der Waals surface area (Å²) in [6, 6.07) is 10.4. The highest BCUT2D eigenvalue weighted by Crippen LogP contribution is 2.31. The maximum atomic E-state index is 4.44. The lowest BCUT2D eigenvalue weighted by atomic mass is 10.2. The zero-order valence-electron chi connectivity index (χ0n) is 12.7. The summed E-state index contributed by atoms with van der Waals surface area (Å²) >= 11 is 1.75. The van der Waals surface area contributed by atoms with Gasteiger partial charge < -0.3 is 0 Å². The van der Waals surface area contributed by atoms with Crippen LogP contribution in [0.15, 0.2) is 41.6 Å². The van der Waals surface area contributed by atoms with Crippen molar-refractivity contribution < 1.29 is 0 Å². The first-order chi connectivity index (χ1) is 10.8. The summed E-state index contributed by atoms with van der Waals surface area (Å²) in [5.41, 5.74) is 2.23. The highest BCUT2D eigenvalue weighted by atomic mass is 32.2. The van der Waals surface area contributed by atoms with Gasteiger partial charge in [-0.3, -0.25) is 4.68 Å². The molecule has 0 unspecified atom stereocenters. The molecule has 0 N–H and O–H groups in total. The zero-order valence-corrected chi connectivity index (χ0v) is 13.5. The number of aromatic nitrogens is 6. The van der Waals surface area contributed by atoms with E-state index in [1.54, 1.807) is 16.6 Å². The summed E-state index contributed by atoms with van der Waals surface area (Å²) in [5.74, 6) is 1.53. The maximum absolute atomic E-state index is 4.44. The first-order valence-corrected chi connectivity index (χ1v) is 8.31. The Hall–Kier alpha value is -2.15. The van der Waals surface area contributed by atoms with Crippen LogP contribution in [0.4, 0.5) is 0 Å². The third-order valence-corrected chi connectivity index (χ3v) is 4.47. The lowest BCUT2D eigenvalue weighted by Crippen LogP contribution is -1.99. The summed E-state index contributed by atoms with van der Waals surface area (Å²) in [4.78, 5) is 1.59. The van der Waals surface area contributed by atoms with Crippen molar-refractivity contribution >= 4 is 11.8 Å². The van der Waals surface area contributed by atoms with Crippen molar-refractivity contribution in [2.24, 2.45) is 0 Å². The molecule has 114 valence electrons. The summed E-state index contributed by atoms with van der Waals surface area (Å²) in [6.45, 7) is 5.60. The molecule has 2 aromatic heterocycles. The molecule has 7 heteroatoms.